The Hall–Kier alpha value is -2.13. The summed E-state index contributed by atoms with van der Waals surface area (Å²) >= 11 is 5.89. The molecule has 3 nitrogen and oxygen atoms in total. The SMILES string of the molecule is Clc1ccc(-n2nccc2-c2cccnc2)cc1. The number of pyridine rings is 1. The van der Waals surface area contributed by atoms with Gasteiger partial charge in [-0.25, -0.2) is 4.68 Å². The van der Waals surface area contributed by atoms with Gasteiger partial charge in [0.25, 0.3) is 0 Å². The van der Waals surface area contributed by atoms with Crippen LogP contribution in [-0.4, -0.2) is 14.8 Å². The summed E-state index contributed by atoms with van der Waals surface area (Å²) in [6, 6.07) is 13.5. The van der Waals surface area contributed by atoms with Gasteiger partial charge in [0, 0.05) is 23.0 Å². The van der Waals surface area contributed by atoms with Gasteiger partial charge >= 0.3 is 0 Å². The van der Waals surface area contributed by atoms with Crippen LogP contribution >= 0.6 is 11.6 Å². The maximum Gasteiger partial charge on any atom is 0.0756 e. The fourth-order valence-electron chi connectivity index (χ4n) is 1.82. The number of rotatable bonds is 2. The summed E-state index contributed by atoms with van der Waals surface area (Å²) in [6.45, 7) is 0. The standard InChI is InChI=1S/C14H10ClN3/c15-12-3-5-13(6-4-12)18-14(7-9-17-18)11-2-1-8-16-10-11/h1-10H. The summed E-state index contributed by atoms with van der Waals surface area (Å²) in [5.41, 5.74) is 3.01. The van der Waals surface area contributed by atoms with Gasteiger partial charge in [-0.15, -0.1) is 0 Å². The van der Waals surface area contributed by atoms with Gasteiger partial charge in [-0.2, -0.15) is 5.10 Å². The van der Waals surface area contributed by atoms with E-state index in [1.54, 1.807) is 12.4 Å². The highest BCUT2D eigenvalue weighted by Crippen LogP contribution is 2.22. The molecule has 3 aromatic rings. The van der Waals surface area contributed by atoms with Crippen LogP contribution in [0.1, 0.15) is 0 Å². The molecule has 3 rings (SSSR count). The third kappa shape index (κ3) is 2.00. The Morgan fingerprint density at radius 1 is 0.944 bits per heavy atom. The molecule has 2 aromatic heterocycles. The molecule has 88 valence electrons. The molecular weight excluding hydrogens is 246 g/mol. The summed E-state index contributed by atoms with van der Waals surface area (Å²) in [5, 5.41) is 5.05. The van der Waals surface area contributed by atoms with Crippen molar-refractivity contribution in [1.29, 1.82) is 0 Å². The van der Waals surface area contributed by atoms with Crippen LogP contribution in [0.25, 0.3) is 16.9 Å². The molecule has 0 fully saturated rings. The normalized spacial score (nSPS) is 10.5. The summed E-state index contributed by atoms with van der Waals surface area (Å²) in [6.07, 6.45) is 5.35. The molecule has 0 unspecified atom stereocenters. The van der Waals surface area contributed by atoms with Crippen molar-refractivity contribution >= 4 is 11.6 Å². The predicted molar refractivity (Wildman–Crippen MR) is 71.8 cm³/mol. The Morgan fingerprint density at radius 2 is 1.78 bits per heavy atom. The Balaban J connectivity index is 2.10. The number of hydrogen-bond acceptors (Lipinski definition) is 2. The van der Waals surface area contributed by atoms with Crippen LogP contribution in [0.3, 0.4) is 0 Å². The van der Waals surface area contributed by atoms with Crippen molar-refractivity contribution in [3.05, 3.63) is 66.1 Å². The van der Waals surface area contributed by atoms with Crippen molar-refractivity contribution < 1.29 is 0 Å². The van der Waals surface area contributed by atoms with E-state index in [1.807, 2.05) is 53.3 Å². The maximum absolute atomic E-state index is 5.89. The topological polar surface area (TPSA) is 30.7 Å². The smallest absolute Gasteiger partial charge is 0.0756 e. The van der Waals surface area contributed by atoms with Gasteiger partial charge in [0.05, 0.1) is 17.6 Å². The molecule has 0 N–H and O–H groups in total. The second-order valence-electron chi connectivity index (χ2n) is 3.85. The lowest BCUT2D eigenvalue weighted by Gasteiger charge is -2.07. The fraction of sp³-hybridized carbons (Fsp3) is 0. The van der Waals surface area contributed by atoms with Gasteiger partial charge in [0.1, 0.15) is 0 Å². The van der Waals surface area contributed by atoms with Crippen LogP contribution in [-0.2, 0) is 0 Å². The number of benzene rings is 1. The highest BCUT2D eigenvalue weighted by molar-refractivity contribution is 6.30. The van der Waals surface area contributed by atoms with E-state index in [-0.39, 0.29) is 0 Å². The quantitative estimate of drug-likeness (QED) is 0.701. The van der Waals surface area contributed by atoms with E-state index >= 15 is 0 Å². The van der Waals surface area contributed by atoms with Crippen molar-refractivity contribution in [3.63, 3.8) is 0 Å². The maximum atomic E-state index is 5.89. The first kappa shape index (κ1) is 11.0. The van der Waals surface area contributed by atoms with E-state index < -0.39 is 0 Å². The van der Waals surface area contributed by atoms with E-state index in [9.17, 15) is 0 Å². The van der Waals surface area contributed by atoms with Crippen LogP contribution < -0.4 is 0 Å². The lowest BCUT2D eigenvalue weighted by molar-refractivity contribution is 0.887. The van der Waals surface area contributed by atoms with Crippen LogP contribution in [0.2, 0.25) is 5.02 Å². The highest BCUT2D eigenvalue weighted by Gasteiger charge is 2.06. The lowest BCUT2D eigenvalue weighted by Crippen LogP contribution is -1.98. The highest BCUT2D eigenvalue weighted by atomic mass is 35.5. The van der Waals surface area contributed by atoms with E-state index in [2.05, 4.69) is 10.1 Å². The minimum atomic E-state index is 0.717. The van der Waals surface area contributed by atoms with Crippen molar-refractivity contribution in [1.82, 2.24) is 14.8 Å². The molecule has 0 saturated carbocycles. The lowest BCUT2D eigenvalue weighted by atomic mass is 10.2. The number of nitrogens with zero attached hydrogens (tertiary/aromatic N) is 3. The third-order valence-corrected chi connectivity index (χ3v) is 2.92. The number of aromatic nitrogens is 3. The second-order valence-corrected chi connectivity index (χ2v) is 4.28. The molecule has 0 aliphatic rings. The predicted octanol–water partition coefficient (Wildman–Crippen LogP) is 3.59. The van der Waals surface area contributed by atoms with E-state index in [0.717, 1.165) is 16.9 Å². The minimum Gasteiger partial charge on any atom is -0.264 e. The minimum absolute atomic E-state index is 0.717. The van der Waals surface area contributed by atoms with Gasteiger partial charge in [0.2, 0.25) is 0 Å². The molecule has 0 saturated heterocycles. The summed E-state index contributed by atoms with van der Waals surface area (Å²) < 4.78 is 1.87. The molecule has 0 bridgehead atoms. The Bertz CT molecular complexity index is 644. The summed E-state index contributed by atoms with van der Waals surface area (Å²) in [7, 11) is 0. The van der Waals surface area contributed by atoms with Crippen LogP contribution in [0.5, 0.6) is 0 Å². The molecule has 0 atom stereocenters. The van der Waals surface area contributed by atoms with Gasteiger partial charge < -0.3 is 0 Å². The zero-order valence-electron chi connectivity index (χ0n) is 9.49. The number of halogens is 1. The molecule has 1 aromatic carbocycles. The molecule has 0 aliphatic heterocycles. The van der Waals surface area contributed by atoms with Crippen molar-refractivity contribution in [3.8, 4) is 16.9 Å². The number of hydrogen-bond donors (Lipinski definition) is 0. The molecule has 4 heteroatoms. The zero-order chi connectivity index (χ0) is 12.4. The van der Waals surface area contributed by atoms with Crippen LogP contribution in [0.4, 0.5) is 0 Å². The first-order valence-electron chi connectivity index (χ1n) is 5.55. The van der Waals surface area contributed by atoms with Gasteiger partial charge in [-0.05, 0) is 42.5 Å². The van der Waals surface area contributed by atoms with Crippen molar-refractivity contribution in [2.24, 2.45) is 0 Å². The van der Waals surface area contributed by atoms with Gasteiger partial charge in [-0.1, -0.05) is 11.6 Å². The van der Waals surface area contributed by atoms with Gasteiger partial charge in [0.15, 0.2) is 0 Å². The van der Waals surface area contributed by atoms with Gasteiger partial charge in [-0.3, -0.25) is 4.98 Å². The Labute approximate surface area is 110 Å². The van der Waals surface area contributed by atoms with Crippen LogP contribution in [0.15, 0.2) is 61.1 Å². The zero-order valence-corrected chi connectivity index (χ0v) is 10.2. The second kappa shape index (κ2) is 4.63. The molecule has 2 heterocycles. The average Bonchev–Trinajstić information content (AvgIpc) is 2.90. The third-order valence-electron chi connectivity index (χ3n) is 2.67. The average molecular weight is 256 g/mol. The molecule has 0 amide bonds. The molecular formula is C14H10ClN3. The van der Waals surface area contributed by atoms with Crippen molar-refractivity contribution in [2.75, 3.05) is 0 Å². The largest absolute Gasteiger partial charge is 0.264 e. The monoisotopic (exact) mass is 255 g/mol. The Morgan fingerprint density at radius 3 is 2.50 bits per heavy atom. The molecule has 0 radical (unpaired) electrons. The van der Waals surface area contributed by atoms with E-state index in [1.165, 1.54) is 0 Å². The summed E-state index contributed by atoms with van der Waals surface area (Å²) in [4.78, 5) is 4.13. The molecule has 0 spiro atoms. The first-order valence-corrected chi connectivity index (χ1v) is 5.93. The first-order chi connectivity index (χ1) is 8.84. The molecule has 18 heavy (non-hydrogen) atoms. The summed E-state index contributed by atoms with van der Waals surface area (Å²) in [5.74, 6) is 0. The fourth-order valence-corrected chi connectivity index (χ4v) is 1.95. The van der Waals surface area contributed by atoms with E-state index in [4.69, 9.17) is 11.6 Å². The van der Waals surface area contributed by atoms with Crippen molar-refractivity contribution in [2.45, 2.75) is 0 Å². The molecule has 0 aliphatic carbocycles. The van der Waals surface area contributed by atoms with E-state index in [0.29, 0.717) is 5.02 Å². The van der Waals surface area contributed by atoms with Crippen LogP contribution in [0, 0.1) is 0 Å². The Kier molecular flexibility index (Phi) is 2.82.